The molecule has 0 unspecified atom stereocenters. The number of amides is 2. The SMILES string of the molecule is CCc1ccc(CN(C)[C@@H](C)C(=O)NNC(=O)c2ccc(F)cc2)cc1. The smallest absolute Gasteiger partial charge is 0.269 e. The van der Waals surface area contributed by atoms with Crippen LogP contribution in [-0.4, -0.2) is 29.8 Å². The summed E-state index contributed by atoms with van der Waals surface area (Å²) in [4.78, 5) is 26.1. The lowest BCUT2D eigenvalue weighted by Crippen LogP contribution is -2.50. The van der Waals surface area contributed by atoms with Gasteiger partial charge in [-0.2, -0.15) is 0 Å². The summed E-state index contributed by atoms with van der Waals surface area (Å²) in [7, 11) is 1.85. The van der Waals surface area contributed by atoms with Crippen LogP contribution in [-0.2, 0) is 17.8 Å². The molecule has 2 N–H and O–H groups in total. The molecule has 0 radical (unpaired) electrons. The number of hydrogen-bond donors (Lipinski definition) is 2. The summed E-state index contributed by atoms with van der Waals surface area (Å²) in [5.41, 5.74) is 7.40. The van der Waals surface area contributed by atoms with Crippen LogP contribution in [0.5, 0.6) is 0 Å². The molecule has 0 aliphatic rings. The van der Waals surface area contributed by atoms with Gasteiger partial charge in [-0.3, -0.25) is 25.3 Å². The van der Waals surface area contributed by atoms with E-state index in [9.17, 15) is 14.0 Å². The van der Waals surface area contributed by atoms with Gasteiger partial charge in [0.2, 0.25) is 0 Å². The summed E-state index contributed by atoms with van der Waals surface area (Å²) in [5.74, 6) is -1.25. The van der Waals surface area contributed by atoms with Gasteiger partial charge in [-0.15, -0.1) is 0 Å². The van der Waals surface area contributed by atoms with Crippen molar-refractivity contribution in [2.45, 2.75) is 32.9 Å². The van der Waals surface area contributed by atoms with Gasteiger partial charge >= 0.3 is 0 Å². The van der Waals surface area contributed by atoms with Gasteiger partial charge in [-0.05, 0) is 55.8 Å². The Labute approximate surface area is 153 Å². The first-order valence-corrected chi connectivity index (χ1v) is 8.54. The Kier molecular flexibility index (Phi) is 6.86. The number of nitrogens with one attached hydrogen (secondary N) is 2. The lowest BCUT2D eigenvalue weighted by Gasteiger charge is -2.24. The standard InChI is InChI=1S/C20H24FN3O2/c1-4-15-5-7-16(8-6-15)13-24(3)14(2)19(25)22-23-20(26)17-9-11-18(21)12-10-17/h5-12,14H,4,13H2,1-3H3,(H,22,25)(H,23,26)/t14-/m0/s1. The molecule has 0 fully saturated rings. The Bertz CT molecular complexity index is 745. The molecule has 0 saturated heterocycles. The maximum atomic E-state index is 12.9. The molecule has 0 spiro atoms. The van der Waals surface area contributed by atoms with Crippen LogP contribution in [0, 0.1) is 5.82 Å². The molecule has 2 amide bonds. The zero-order valence-electron chi connectivity index (χ0n) is 15.3. The van der Waals surface area contributed by atoms with Crippen LogP contribution in [0.4, 0.5) is 4.39 Å². The number of nitrogens with zero attached hydrogens (tertiary/aromatic N) is 1. The molecule has 0 saturated carbocycles. The first-order valence-electron chi connectivity index (χ1n) is 8.54. The first kappa shape index (κ1) is 19.6. The van der Waals surface area contributed by atoms with E-state index in [-0.39, 0.29) is 11.5 Å². The number of carbonyl (C=O) groups excluding carboxylic acids is 2. The molecule has 5 nitrogen and oxygen atoms in total. The molecule has 26 heavy (non-hydrogen) atoms. The van der Waals surface area contributed by atoms with Crippen LogP contribution in [0.3, 0.4) is 0 Å². The summed E-state index contributed by atoms with van der Waals surface area (Å²) < 4.78 is 12.9. The number of hydrazine groups is 1. The molecular formula is C20H24FN3O2. The minimum absolute atomic E-state index is 0.267. The van der Waals surface area contributed by atoms with Gasteiger partial charge in [-0.1, -0.05) is 31.2 Å². The van der Waals surface area contributed by atoms with Gasteiger partial charge in [-0.25, -0.2) is 4.39 Å². The molecular weight excluding hydrogens is 333 g/mol. The predicted molar refractivity (Wildman–Crippen MR) is 98.8 cm³/mol. The van der Waals surface area contributed by atoms with E-state index in [1.807, 2.05) is 11.9 Å². The number of hydrogen-bond acceptors (Lipinski definition) is 3. The van der Waals surface area contributed by atoms with Crippen molar-refractivity contribution >= 4 is 11.8 Å². The monoisotopic (exact) mass is 357 g/mol. The Morgan fingerprint density at radius 1 is 1.00 bits per heavy atom. The fourth-order valence-corrected chi connectivity index (χ4v) is 2.40. The quantitative estimate of drug-likeness (QED) is 0.782. The van der Waals surface area contributed by atoms with E-state index >= 15 is 0 Å². The van der Waals surface area contributed by atoms with Crippen molar-refractivity contribution in [1.29, 1.82) is 0 Å². The summed E-state index contributed by atoms with van der Waals surface area (Å²) in [6.07, 6.45) is 0.989. The zero-order valence-corrected chi connectivity index (χ0v) is 15.3. The van der Waals surface area contributed by atoms with Crippen LogP contribution in [0.1, 0.15) is 35.3 Å². The number of halogens is 1. The summed E-state index contributed by atoms with van der Waals surface area (Å²) in [5, 5.41) is 0. The van der Waals surface area contributed by atoms with E-state index in [1.165, 1.54) is 29.8 Å². The third kappa shape index (κ3) is 5.39. The molecule has 2 aromatic carbocycles. The van der Waals surface area contributed by atoms with Crippen molar-refractivity contribution in [3.05, 3.63) is 71.0 Å². The van der Waals surface area contributed by atoms with Crippen LogP contribution in [0.2, 0.25) is 0 Å². The van der Waals surface area contributed by atoms with Crippen molar-refractivity contribution < 1.29 is 14.0 Å². The van der Waals surface area contributed by atoms with E-state index in [0.29, 0.717) is 6.54 Å². The number of benzene rings is 2. The largest absolute Gasteiger partial charge is 0.291 e. The van der Waals surface area contributed by atoms with Crippen LogP contribution in [0.15, 0.2) is 48.5 Å². The number of likely N-dealkylation sites (N-methyl/N-ethyl adjacent to an activating group) is 1. The molecule has 6 heteroatoms. The summed E-state index contributed by atoms with van der Waals surface area (Å²) in [6, 6.07) is 12.9. The fraction of sp³-hybridized carbons (Fsp3) is 0.300. The van der Waals surface area contributed by atoms with E-state index < -0.39 is 17.8 Å². The third-order valence-electron chi connectivity index (χ3n) is 4.31. The predicted octanol–water partition coefficient (Wildman–Crippen LogP) is 2.67. The number of rotatable bonds is 6. The number of aryl methyl sites for hydroxylation is 1. The maximum Gasteiger partial charge on any atom is 0.269 e. The molecule has 2 aromatic rings. The highest BCUT2D eigenvalue weighted by Gasteiger charge is 2.19. The van der Waals surface area contributed by atoms with Crippen LogP contribution < -0.4 is 10.9 Å². The third-order valence-corrected chi connectivity index (χ3v) is 4.31. The highest BCUT2D eigenvalue weighted by molar-refractivity contribution is 5.95. The average Bonchev–Trinajstić information content (AvgIpc) is 2.66. The second-order valence-corrected chi connectivity index (χ2v) is 6.21. The van der Waals surface area contributed by atoms with E-state index in [0.717, 1.165) is 12.0 Å². The minimum Gasteiger partial charge on any atom is -0.291 e. The maximum absolute atomic E-state index is 12.9. The van der Waals surface area contributed by atoms with Gasteiger partial charge in [0.25, 0.3) is 11.8 Å². The minimum atomic E-state index is -0.497. The van der Waals surface area contributed by atoms with Gasteiger partial charge in [0.1, 0.15) is 5.82 Å². The molecule has 0 bridgehead atoms. The summed E-state index contributed by atoms with van der Waals surface area (Å²) in [6.45, 7) is 4.48. The van der Waals surface area contributed by atoms with Gasteiger partial charge in [0.15, 0.2) is 0 Å². The zero-order chi connectivity index (χ0) is 19.1. The molecule has 0 aromatic heterocycles. The second-order valence-electron chi connectivity index (χ2n) is 6.21. The molecule has 0 heterocycles. The topological polar surface area (TPSA) is 61.4 Å². The van der Waals surface area contributed by atoms with Crippen LogP contribution in [0.25, 0.3) is 0 Å². The average molecular weight is 357 g/mol. The Morgan fingerprint density at radius 3 is 2.15 bits per heavy atom. The highest BCUT2D eigenvalue weighted by Crippen LogP contribution is 2.09. The van der Waals surface area contributed by atoms with E-state index in [4.69, 9.17) is 0 Å². The van der Waals surface area contributed by atoms with Crippen molar-refractivity contribution in [2.24, 2.45) is 0 Å². The van der Waals surface area contributed by atoms with E-state index in [1.54, 1.807) is 6.92 Å². The van der Waals surface area contributed by atoms with Gasteiger partial charge in [0, 0.05) is 12.1 Å². The van der Waals surface area contributed by atoms with Gasteiger partial charge in [0.05, 0.1) is 6.04 Å². The molecule has 1 atom stereocenters. The molecule has 0 aliphatic carbocycles. The van der Waals surface area contributed by atoms with Crippen molar-refractivity contribution in [3.8, 4) is 0 Å². The Morgan fingerprint density at radius 2 is 1.58 bits per heavy atom. The fourth-order valence-electron chi connectivity index (χ4n) is 2.40. The molecule has 138 valence electrons. The first-order chi connectivity index (χ1) is 12.4. The van der Waals surface area contributed by atoms with Gasteiger partial charge < -0.3 is 0 Å². The van der Waals surface area contributed by atoms with Crippen molar-refractivity contribution in [1.82, 2.24) is 15.8 Å². The van der Waals surface area contributed by atoms with Crippen LogP contribution >= 0.6 is 0 Å². The lowest BCUT2D eigenvalue weighted by molar-refractivity contribution is -0.126. The van der Waals surface area contributed by atoms with Crippen molar-refractivity contribution in [3.63, 3.8) is 0 Å². The highest BCUT2D eigenvalue weighted by atomic mass is 19.1. The second kappa shape index (κ2) is 9.10. The number of carbonyl (C=O) groups is 2. The molecule has 0 aliphatic heterocycles. The lowest BCUT2D eigenvalue weighted by atomic mass is 10.1. The summed E-state index contributed by atoms with van der Waals surface area (Å²) >= 11 is 0. The molecule has 2 rings (SSSR count). The normalized spacial score (nSPS) is 11.9. The van der Waals surface area contributed by atoms with E-state index in [2.05, 4.69) is 42.0 Å². The Hall–Kier alpha value is -2.73. The Balaban J connectivity index is 1.85. The van der Waals surface area contributed by atoms with Crippen molar-refractivity contribution in [2.75, 3.05) is 7.05 Å².